The first-order valence-corrected chi connectivity index (χ1v) is 7.39. The maximum atomic E-state index is 12.0. The molecule has 0 aromatic heterocycles. The van der Waals surface area contributed by atoms with E-state index in [0.29, 0.717) is 6.54 Å². The van der Waals surface area contributed by atoms with Crippen LogP contribution < -0.4 is 10.6 Å². The summed E-state index contributed by atoms with van der Waals surface area (Å²) >= 11 is 0. The highest BCUT2D eigenvalue weighted by atomic mass is 16.2. The highest BCUT2D eigenvalue weighted by Gasteiger charge is 2.21. The first-order valence-electron chi connectivity index (χ1n) is 7.39. The van der Waals surface area contributed by atoms with Gasteiger partial charge in [-0.3, -0.25) is 9.59 Å². The number of benzene rings is 1. The van der Waals surface area contributed by atoms with E-state index in [4.69, 9.17) is 0 Å². The largest absolute Gasteiger partial charge is 0.352 e. The van der Waals surface area contributed by atoms with Crippen molar-refractivity contribution in [2.45, 2.75) is 38.6 Å². The number of hydrogen-bond acceptors (Lipinski definition) is 2. The van der Waals surface area contributed by atoms with Gasteiger partial charge in [0.05, 0.1) is 6.04 Å². The number of hydrogen-bond donors (Lipinski definition) is 2. The van der Waals surface area contributed by atoms with Gasteiger partial charge in [0.2, 0.25) is 11.8 Å². The van der Waals surface area contributed by atoms with Gasteiger partial charge in [0.25, 0.3) is 0 Å². The van der Waals surface area contributed by atoms with Gasteiger partial charge in [0, 0.05) is 13.0 Å². The van der Waals surface area contributed by atoms with Crippen LogP contribution in [0.25, 0.3) is 0 Å². The van der Waals surface area contributed by atoms with Crippen molar-refractivity contribution in [1.82, 2.24) is 10.6 Å². The topological polar surface area (TPSA) is 58.2 Å². The van der Waals surface area contributed by atoms with Crippen molar-refractivity contribution >= 4 is 11.8 Å². The molecular formula is C17H22N2O2. The van der Waals surface area contributed by atoms with Crippen LogP contribution in [0.15, 0.2) is 30.9 Å². The molecule has 0 bridgehead atoms. The predicted octanol–water partition coefficient (Wildman–Crippen LogP) is 2.18. The minimum Gasteiger partial charge on any atom is -0.352 e. The van der Waals surface area contributed by atoms with Crippen molar-refractivity contribution in [3.05, 3.63) is 47.5 Å². The third kappa shape index (κ3) is 4.18. The Bertz CT molecular complexity index is 552. The lowest BCUT2D eigenvalue weighted by molar-refractivity contribution is -0.122. The molecule has 0 radical (unpaired) electrons. The lowest BCUT2D eigenvalue weighted by Gasteiger charge is -2.27. The van der Waals surface area contributed by atoms with Crippen LogP contribution in [0.2, 0.25) is 0 Å². The van der Waals surface area contributed by atoms with Crippen molar-refractivity contribution in [2.75, 3.05) is 6.54 Å². The molecule has 4 nitrogen and oxygen atoms in total. The quantitative estimate of drug-likeness (QED) is 0.815. The van der Waals surface area contributed by atoms with Crippen molar-refractivity contribution in [3.8, 4) is 0 Å². The zero-order valence-corrected chi connectivity index (χ0v) is 12.4. The van der Waals surface area contributed by atoms with E-state index in [-0.39, 0.29) is 24.3 Å². The van der Waals surface area contributed by atoms with Crippen molar-refractivity contribution in [3.63, 3.8) is 0 Å². The molecule has 1 aromatic rings. The molecule has 1 aromatic carbocycles. The van der Waals surface area contributed by atoms with E-state index in [0.717, 1.165) is 19.3 Å². The van der Waals surface area contributed by atoms with Gasteiger partial charge in [0.15, 0.2) is 0 Å². The maximum absolute atomic E-state index is 12.0. The molecule has 0 aliphatic heterocycles. The molecule has 0 spiro atoms. The first kappa shape index (κ1) is 15.3. The minimum atomic E-state index is -0.249. The first-order chi connectivity index (χ1) is 10.1. The summed E-state index contributed by atoms with van der Waals surface area (Å²) < 4.78 is 0. The molecular weight excluding hydrogens is 264 g/mol. The van der Waals surface area contributed by atoms with Gasteiger partial charge < -0.3 is 10.6 Å². The van der Waals surface area contributed by atoms with Gasteiger partial charge in [-0.2, -0.15) is 0 Å². The summed E-state index contributed by atoms with van der Waals surface area (Å²) in [5, 5.41) is 5.69. The second-order valence-electron chi connectivity index (χ2n) is 5.46. The third-order valence-electron chi connectivity index (χ3n) is 3.79. The van der Waals surface area contributed by atoms with Gasteiger partial charge in [-0.25, -0.2) is 0 Å². The molecule has 0 saturated heterocycles. The molecule has 0 fully saturated rings. The van der Waals surface area contributed by atoms with E-state index < -0.39 is 0 Å². The van der Waals surface area contributed by atoms with Gasteiger partial charge in [-0.05, 0) is 43.4 Å². The highest BCUT2D eigenvalue weighted by Crippen LogP contribution is 2.30. The van der Waals surface area contributed by atoms with Gasteiger partial charge in [-0.1, -0.05) is 30.3 Å². The van der Waals surface area contributed by atoms with E-state index in [9.17, 15) is 9.59 Å². The van der Waals surface area contributed by atoms with Crippen LogP contribution in [-0.4, -0.2) is 18.4 Å². The number of carbonyl (C=O) groups is 2. The van der Waals surface area contributed by atoms with E-state index in [2.05, 4.69) is 42.3 Å². The SMILES string of the molecule is C=CC(=O)NCCC(=O)N[C@@H]1CCCc2ccc(C)cc21. The second kappa shape index (κ2) is 7.07. The van der Waals surface area contributed by atoms with E-state index in [1.54, 1.807) is 0 Å². The van der Waals surface area contributed by atoms with Crippen LogP contribution in [0.1, 0.15) is 42.0 Å². The number of rotatable bonds is 5. The zero-order valence-electron chi connectivity index (χ0n) is 12.4. The number of amides is 2. The molecule has 0 saturated carbocycles. The number of aryl methyl sites for hydroxylation is 2. The molecule has 2 rings (SSSR count). The molecule has 2 N–H and O–H groups in total. The highest BCUT2D eigenvalue weighted by molar-refractivity contribution is 5.87. The molecule has 4 heteroatoms. The number of fused-ring (bicyclic) bond motifs is 1. The molecule has 1 aliphatic carbocycles. The lowest BCUT2D eigenvalue weighted by Crippen LogP contribution is -2.33. The third-order valence-corrected chi connectivity index (χ3v) is 3.79. The average molecular weight is 286 g/mol. The minimum absolute atomic E-state index is 0.0290. The molecule has 1 atom stereocenters. The Labute approximate surface area is 125 Å². The lowest BCUT2D eigenvalue weighted by atomic mass is 9.86. The van der Waals surface area contributed by atoms with Crippen molar-refractivity contribution in [1.29, 1.82) is 0 Å². The number of nitrogens with one attached hydrogen (secondary N) is 2. The molecule has 112 valence electrons. The van der Waals surface area contributed by atoms with E-state index in [1.165, 1.54) is 22.8 Å². The number of carbonyl (C=O) groups excluding carboxylic acids is 2. The smallest absolute Gasteiger partial charge is 0.243 e. The summed E-state index contributed by atoms with van der Waals surface area (Å²) in [6.45, 7) is 5.78. The van der Waals surface area contributed by atoms with Crippen LogP contribution in [0.5, 0.6) is 0 Å². The molecule has 0 unspecified atom stereocenters. The zero-order chi connectivity index (χ0) is 15.2. The Morgan fingerprint density at radius 2 is 2.24 bits per heavy atom. The molecule has 21 heavy (non-hydrogen) atoms. The monoisotopic (exact) mass is 286 g/mol. The maximum Gasteiger partial charge on any atom is 0.243 e. The fourth-order valence-electron chi connectivity index (χ4n) is 2.71. The summed E-state index contributed by atoms with van der Waals surface area (Å²) in [5.41, 5.74) is 3.79. The Hall–Kier alpha value is -2.10. The van der Waals surface area contributed by atoms with Crippen molar-refractivity contribution < 1.29 is 9.59 Å². The Morgan fingerprint density at radius 3 is 3.00 bits per heavy atom. The summed E-state index contributed by atoms with van der Waals surface area (Å²) in [5.74, 6) is -0.278. The van der Waals surface area contributed by atoms with Crippen LogP contribution >= 0.6 is 0 Å². The van der Waals surface area contributed by atoms with Gasteiger partial charge >= 0.3 is 0 Å². The van der Waals surface area contributed by atoms with Crippen LogP contribution in [0.4, 0.5) is 0 Å². The Morgan fingerprint density at radius 1 is 1.43 bits per heavy atom. The van der Waals surface area contributed by atoms with E-state index in [1.807, 2.05) is 0 Å². The summed E-state index contributed by atoms with van der Waals surface area (Å²) in [4.78, 5) is 23.0. The molecule has 1 aliphatic rings. The summed E-state index contributed by atoms with van der Waals surface area (Å²) in [6.07, 6.45) is 4.64. The predicted molar refractivity (Wildman–Crippen MR) is 82.8 cm³/mol. The van der Waals surface area contributed by atoms with Crippen molar-refractivity contribution in [2.24, 2.45) is 0 Å². The fraction of sp³-hybridized carbons (Fsp3) is 0.412. The Balaban J connectivity index is 1.92. The summed E-state index contributed by atoms with van der Waals surface area (Å²) in [7, 11) is 0. The fourth-order valence-corrected chi connectivity index (χ4v) is 2.71. The van der Waals surface area contributed by atoms with Crippen LogP contribution in [0.3, 0.4) is 0 Å². The molecule has 2 amide bonds. The summed E-state index contributed by atoms with van der Waals surface area (Å²) in [6, 6.07) is 6.54. The van der Waals surface area contributed by atoms with E-state index >= 15 is 0 Å². The normalized spacial score (nSPS) is 16.7. The van der Waals surface area contributed by atoms with Gasteiger partial charge in [0.1, 0.15) is 0 Å². The van der Waals surface area contributed by atoms with Crippen LogP contribution in [-0.2, 0) is 16.0 Å². The average Bonchev–Trinajstić information content (AvgIpc) is 2.47. The van der Waals surface area contributed by atoms with Gasteiger partial charge in [-0.15, -0.1) is 0 Å². The molecule has 0 heterocycles. The van der Waals surface area contributed by atoms with Crippen LogP contribution in [0, 0.1) is 6.92 Å². The Kier molecular flexibility index (Phi) is 5.14. The standard InChI is InChI=1S/C17H22N2O2/c1-3-16(20)18-10-9-17(21)19-15-6-4-5-13-8-7-12(2)11-14(13)15/h3,7-8,11,15H,1,4-6,9-10H2,2H3,(H,18,20)(H,19,21)/t15-/m1/s1. The second-order valence-corrected chi connectivity index (χ2v) is 5.46.